The zero-order valence-corrected chi connectivity index (χ0v) is 19.1. The summed E-state index contributed by atoms with van der Waals surface area (Å²) < 4.78 is 14.9. The lowest BCUT2D eigenvalue weighted by Gasteiger charge is -2.11. The lowest BCUT2D eigenvalue weighted by Crippen LogP contribution is -2.42. The first kappa shape index (κ1) is 23.1. The van der Waals surface area contributed by atoms with Gasteiger partial charge in [0.15, 0.2) is 11.0 Å². The van der Waals surface area contributed by atoms with Crippen molar-refractivity contribution >= 4 is 23.6 Å². The maximum Gasteiger partial charge on any atom is 0.269 e. The van der Waals surface area contributed by atoms with Gasteiger partial charge in [0.25, 0.3) is 5.91 Å². The minimum Gasteiger partial charge on any atom is -0.272 e. The van der Waals surface area contributed by atoms with Gasteiger partial charge in [0.1, 0.15) is 5.82 Å². The number of nitrogens with zero attached hydrogens (tertiary/aromatic N) is 4. The van der Waals surface area contributed by atoms with Crippen LogP contribution in [0.4, 0.5) is 4.39 Å². The van der Waals surface area contributed by atoms with Crippen LogP contribution in [-0.2, 0) is 11.2 Å². The number of carbonyl (C=O) groups is 2. The standard InChI is InChI=1S/C24H21FN6O2S/c1-2-16-3-9-20(10-4-16)31-22(17-11-13-26-14-12-17)28-30-24(31)34-15-21(32)27-29-23(33)18-5-7-19(25)8-6-18/h3-14H,2,15H2,1H3,(H,27,32)(H,29,33). The van der Waals surface area contributed by atoms with Crippen LogP contribution in [0, 0.1) is 5.82 Å². The van der Waals surface area contributed by atoms with Crippen molar-refractivity contribution in [2.24, 2.45) is 0 Å². The van der Waals surface area contributed by atoms with Crippen molar-refractivity contribution in [3.63, 3.8) is 0 Å². The molecule has 34 heavy (non-hydrogen) atoms. The summed E-state index contributed by atoms with van der Waals surface area (Å²) in [6.45, 7) is 2.09. The number of carbonyl (C=O) groups excluding carboxylic acids is 2. The number of halogens is 1. The first-order chi connectivity index (χ1) is 16.5. The van der Waals surface area contributed by atoms with E-state index in [9.17, 15) is 14.0 Å². The van der Waals surface area contributed by atoms with Gasteiger partial charge < -0.3 is 0 Å². The summed E-state index contributed by atoms with van der Waals surface area (Å²) in [5.41, 5.74) is 7.81. The number of pyridine rings is 1. The molecule has 0 bridgehead atoms. The molecule has 2 aromatic carbocycles. The number of hydrogen-bond acceptors (Lipinski definition) is 6. The predicted octanol–water partition coefficient (Wildman–Crippen LogP) is 3.58. The fraction of sp³-hybridized carbons (Fsp3) is 0.125. The summed E-state index contributed by atoms with van der Waals surface area (Å²) in [5, 5.41) is 9.15. The molecule has 4 aromatic rings. The number of aryl methyl sites for hydroxylation is 1. The van der Waals surface area contributed by atoms with E-state index in [1.807, 2.05) is 41.0 Å². The highest BCUT2D eigenvalue weighted by Crippen LogP contribution is 2.27. The molecular weight excluding hydrogens is 455 g/mol. The Balaban J connectivity index is 1.48. The van der Waals surface area contributed by atoms with E-state index in [0.717, 1.165) is 17.7 Å². The third kappa shape index (κ3) is 5.46. The minimum atomic E-state index is -0.544. The molecule has 0 spiro atoms. The smallest absolute Gasteiger partial charge is 0.269 e. The van der Waals surface area contributed by atoms with Crippen molar-refractivity contribution in [1.82, 2.24) is 30.6 Å². The Morgan fingerprint density at radius 2 is 1.65 bits per heavy atom. The molecule has 172 valence electrons. The Morgan fingerprint density at radius 3 is 2.32 bits per heavy atom. The number of amides is 2. The molecule has 2 N–H and O–H groups in total. The topological polar surface area (TPSA) is 102 Å². The van der Waals surface area contributed by atoms with Crippen LogP contribution in [0.15, 0.2) is 78.2 Å². The zero-order chi connectivity index (χ0) is 23.9. The van der Waals surface area contributed by atoms with E-state index in [4.69, 9.17) is 0 Å². The number of hydrogen-bond donors (Lipinski definition) is 2. The van der Waals surface area contributed by atoms with Crippen LogP contribution >= 0.6 is 11.8 Å². The summed E-state index contributed by atoms with van der Waals surface area (Å²) in [6.07, 6.45) is 4.28. The van der Waals surface area contributed by atoms with Gasteiger partial charge in [0.2, 0.25) is 5.91 Å². The van der Waals surface area contributed by atoms with E-state index in [2.05, 4.69) is 33.0 Å². The Kier molecular flexibility index (Phi) is 7.28. The van der Waals surface area contributed by atoms with Gasteiger partial charge in [0.05, 0.1) is 5.75 Å². The van der Waals surface area contributed by atoms with E-state index in [1.54, 1.807) is 12.4 Å². The number of rotatable bonds is 7. The van der Waals surface area contributed by atoms with E-state index in [1.165, 1.54) is 41.6 Å². The number of thioether (sulfide) groups is 1. The molecule has 0 fully saturated rings. The molecule has 0 aliphatic rings. The van der Waals surface area contributed by atoms with Crippen LogP contribution in [0.5, 0.6) is 0 Å². The molecule has 2 aromatic heterocycles. The lowest BCUT2D eigenvalue weighted by atomic mass is 10.1. The molecule has 0 aliphatic carbocycles. The van der Waals surface area contributed by atoms with Crippen molar-refractivity contribution in [3.05, 3.63) is 90.0 Å². The molecule has 4 rings (SSSR count). The fourth-order valence-electron chi connectivity index (χ4n) is 3.13. The number of hydrazine groups is 1. The largest absolute Gasteiger partial charge is 0.272 e. The highest BCUT2D eigenvalue weighted by molar-refractivity contribution is 7.99. The van der Waals surface area contributed by atoms with Crippen LogP contribution in [0.2, 0.25) is 0 Å². The maximum absolute atomic E-state index is 13.0. The molecule has 8 nitrogen and oxygen atoms in total. The Morgan fingerprint density at radius 1 is 0.941 bits per heavy atom. The molecule has 0 saturated heterocycles. The maximum atomic E-state index is 13.0. The molecule has 0 atom stereocenters. The molecule has 0 unspecified atom stereocenters. The quantitative estimate of drug-likeness (QED) is 0.312. The van der Waals surface area contributed by atoms with Crippen molar-refractivity contribution < 1.29 is 14.0 Å². The molecular formula is C24H21FN6O2S. The average Bonchev–Trinajstić information content (AvgIpc) is 3.31. The van der Waals surface area contributed by atoms with E-state index >= 15 is 0 Å². The normalized spacial score (nSPS) is 10.6. The second-order valence-corrected chi connectivity index (χ2v) is 8.14. The Hall–Kier alpha value is -4.05. The third-order valence-electron chi connectivity index (χ3n) is 4.93. The zero-order valence-electron chi connectivity index (χ0n) is 18.2. The lowest BCUT2D eigenvalue weighted by molar-refractivity contribution is -0.119. The van der Waals surface area contributed by atoms with Gasteiger partial charge in [-0.3, -0.25) is 30.0 Å². The number of aromatic nitrogens is 4. The summed E-state index contributed by atoms with van der Waals surface area (Å²) >= 11 is 1.19. The molecule has 10 heteroatoms. The van der Waals surface area contributed by atoms with Crippen LogP contribution in [0.3, 0.4) is 0 Å². The molecule has 2 heterocycles. The van der Waals surface area contributed by atoms with Crippen LogP contribution in [-0.4, -0.2) is 37.3 Å². The molecule has 0 radical (unpaired) electrons. The van der Waals surface area contributed by atoms with Crippen molar-refractivity contribution in [3.8, 4) is 17.1 Å². The van der Waals surface area contributed by atoms with Crippen molar-refractivity contribution in [2.75, 3.05) is 5.75 Å². The fourth-order valence-corrected chi connectivity index (χ4v) is 3.88. The van der Waals surface area contributed by atoms with Gasteiger partial charge >= 0.3 is 0 Å². The van der Waals surface area contributed by atoms with Crippen molar-refractivity contribution in [1.29, 1.82) is 0 Å². The minimum absolute atomic E-state index is 0.00871. The first-order valence-corrected chi connectivity index (χ1v) is 11.5. The van der Waals surface area contributed by atoms with Crippen molar-refractivity contribution in [2.45, 2.75) is 18.5 Å². The molecule has 0 saturated carbocycles. The Bertz CT molecular complexity index is 1280. The summed E-state index contributed by atoms with van der Waals surface area (Å²) in [5.74, 6) is -0.805. The number of nitrogens with one attached hydrogen (secondary N) is 2. The van der Waals surface area contributed by atoms with E-state index < -0.39 is 17.6 Å². The first-order valence-electron chi connectivity index (χ1n) is 10.5. The monoisotopic (exact) mass is 476 g/mol. The highest BCUT2D eigenvalue weighted by Gasteiger charge is 2.17. The summed E-state index contributed by atoms with van der Waals surface area (Å²) in [4.78, 5) is 28.5. The molecule has 2 amide bonds. The van der Waals surface area contributed by atoms with E-state index in [0.29, 0.717) is 11.0 Å². The summed E-state index contributed by atoms with van der Waals surface area (Å²) in [6, 6.07) is 16.7. The van der Waals surface area contributed by atoms with Gasteiger partial charge in [-0.15, -0.1) is 10.2 Å². The second kappa shape index (κ2) is 10.7. The third-order valence-corrected chi connectivity index (χ3v) is 5.86. The molecule has 0 aliphatic heterocycles. The second-order valence-electron chi connectivity index (χ2n) is 7.20. The van der Waals surface area contributed by atoms with Crippen LogP contribution < -0.4 is 10.9 Å². The van der Waals surface area contributed by atoms with Gasteiger partial charge in [-0.1, -0.05) is 30.8 Å². The summed E-state index contributed by atoms with van der Waals surface area (Å²) in [7, 11) is 0. The van der Waals surface area contributed by atoms with E-state index in [-0.39, 0.29) is 11.3 Å². The number of benzene rings is 2. The van der Waals surface area contributed by atoms with Gasteiger partial charge in [-0.2, -0.15) is 0 Å². The van der Waals surface area contributed by atoms with Gasteiger partial charge in [-0.05, 0) is 60.5 Å². The Labute approximate surface area is 199 Å². The average molecular weight is 477 g/mol. The van der Waals surface area contributed by atoms with Gasteiger partial charge in [0, 0.05) is 29.2 Å². The SMILES string of the molecule is CCc1ccc(-n2c(SCC(=O)NNC(=O)c3ccc(F)cc3)nnc2-c2ccncc2)cc1. The highest BCUT2D eigenvalue weighted by atomic mass is 32.2. The van der Waals surface area contributed by atoms with Crippen LogP contribution in [0.1, 0.15) is 22.8 Å². The predicted molar refractivity (Wildman–Crippen MR) is 127 cm³/mol. The van der Waals surface area contributed by atoms with Crippen LogP contribution in [0.25, 0.3) is 17.1 Å². The van der Waals surface area contributed by atoms with Gasteiger partial charge in [-0.25, -0.2) is 4.39 Å².